The summed E-state index contributed by atoms with van der Waals surface area (Å²) in [6.45, 7) is 0.809. The van der Waals surface area contributed by atoms with E-state index >= 15 is 0 Å². The van der Waals surface area contributed by atoms with Gasteiger partial charge in [-0.15, -0.1) is 0 Å². The molecule has 0 heterocycles. The van der Waals surface area contributed by atoms with Gasteiger partial charge in [0.05, 0.1) is 13.0 Å². The zero-order valence-corrected chi connectivity index (χ0v) is 11.4. The van der Waals surface area contributed by atoms with Gasteiger partial charge < -0.3 is 15.5 Å². The maximum absolute atomic E-state index is 11.6. The summed E-state index contributed by atoms with van der Waals surface area (Å²) in [6, 6.07) is 7.24. The molecule has 0 aliphatic heterocycles. The SMILES string of the molecule is CC(O)(CNC(=O)Cc1cccc(Br)c1)C(=O)O. The van der Waals surface area contributed by atoms with Crippen LogP contribution in [-0.4, -0.2) is 34.2 Å². The van der Waals surface area contributed by atoms with E-state index in [9.17, 15) is 14.7 Å². The molecule has 1 atom stereocenters. The van der Waals surface area contributed by atoms with Crippen LogP contribution < -0.4 is 5.32 Å². The number of hydrogen-bond donors (Lipinski definition) is 3. The Kier molecular flexibility index (Phi) is 4.86. The van der Waals surface area contributed by atoms with Gasteiger partial charge in [0.1, 0.15) is 0 Å². The Balaban J connectivity index is 2.50. The predicted molar refractivity (Wildman–Crippen MR) is 69.1 cm³/mol. The molecule has 18 heavy (non-hydrogen) atoms. The van der Waals surface area contributed by atoms with Crippen molar-refractivity contribution in [3.8, 4) is 0 Å². The predicted octanol–water partition coefficient (Wildman–Crippen LogP) is 0.943. The zero-order valence-electron chi connectivity index (χ0n) is 9.81. The molecule has 0 aromatic heterocycles. The zero-order chi connectivity index (χ0) is 13.8. The van der Waals surface area contributed by atoms with Crippen LogP contribution in [0.15, 0.2) is 28.7 Å². The number of halogens is 1. The monoisotopic (exact) mass is 315 g/mol. The summed E-state index contributed by atoms with van der Waals surface area (Å²) < 4.78 is 0.866. The molecule has 1 unspecified atom stereocenters. The summed E-state index contributed by atoms with van der Waals surface area (Å²) in [7, 11) is 0. The van der Waals surface area contributed by atoms with Gasteiger partial charge in [0.25, 0.3) is 0 Å². The molecule has 3 N–H and O–H groups in total. The first-order chi connectivity index (χ1) is 8.31. The number of aliphatic hydroxyl groups is 1. The number of carboxylic acid groups (broad SMARTS) is 1. The molecular formula is C12H14BrNO4. The molecular weight excluding hydrogens is 302 g/mol. The average Bonchev–Trinajstić information content (AvgIpc) is 2.26. The largest absolute Gasteiger partial charge is 0.479 e. The van der Waals surface area contributed by atoms with Gasteiger partial charge in [-0.25, -0.2) is 4.79 Å². The molecule has 0 saturated carbocycles. The van der Waals surface area contributed by atoms with E-state index in [0.717, 1.165) is 17.0 Å². The summed E-state index contributed by atoms with van der Waals surface area (Å²) in [6.07, 6.45) is 0.134. The van der Waals surface area contributed by atoms with Crippen LogP contribution in [0.2, 0.25) is 0 Å². The highest BCUT2D eigenvalue weighted by Crippen LogP contribution is 2.12. The quantitative estimate of drug-likeness (QED) is 0.755. The lowest BCUT2D eigenvalue weighted by Gasteiger charge is -2.18. The number of nitrogens with one attached hydrogen (secondary N) is 1. The maximum atomic E-state index is 11.6. The van der Waals surface area contributed by atoms with Crippen molar-refractivity contribution in [3.05, 3.63) is 34.3 Å². The normalized spacial score (nSPS) is 13.7. The Labute approximate surface area is 113 Å². The maximum Gasteiger partial charge on any atom is 0.337 e. The molecule has 6 heteroatoms. The number of aliphatic carboxylic acids is 1. The van der Waals surface area contributed by atoms with E-state index < -0.39 is 11.6 Å². The molecule has 98 valence electrons. The number of amides is 1. The van der Waals surface area contributed by atoms with E-state index in [0.29, 0.717) is 0 Å². The lowest BCUT2D eigenvalue weighted by molar-refractivity contribution is -0.156. The van der Waals surface area contributed by atoms with Crippen molar-refractivity contribution < 1.29 is 19.8 Å². The summed E-state index contributed by atoms with van der Waals surface area (Å²) in [4.78, 5) is 22.2. The first kappa shape index (κ1) is 14.7. The molecule has 0 fully saturated rings. The number of carbonyl (C=O) groups excluding carboxylic acids is 1. The van der Waals surface area contributed by atoms with Gasteiger partial charge in [-0.2, -0.15) is 0 Å². The van der Waals surface area contributed by atoms with Crippen molar-refractivity contribution in [1.82, 2.24) is 5.32 Å². The van der Waals surface area contributed by atoms with E-state index in [1.165, 1.54) is 0 Å². The van der Waals surface area contributed by atoms with Crippen molar-refractivity contribution in [3.63, 3.8) is 0 Å². The number of benzene rings is 1. The average molecular weight is 316 g/mol. The fraction of sp³-hybridized carbons (Fsp3) is 0.333. The van der Waals surface area contributed by atoms with Gasteiger partial charge in [-0.1, -0.05) is 28.1 Å². The summed E-state index contributed by atoms with van der Waals surface area (Å²) in [5.41, 5.74) is -1.15. The Morgan fingerprint density at radius 1 is 1.44 bits per heavy atom. The van der Waals surface area contributed by atoms with Gasteiger partial charge in [0, 0.05) is 4.47 Å². The second-order valence-electron chi connectivity index (χ2n) is 4.16. The molecule has 0 aliphatic rings. The lowest BCUT2D eigenvalue weighted by Crippen LogP contribution is -2.46. The number of carboxylic acids is 1. The minimum atomic E-state index is -1.95. The molecule has 1 aromatic rings. The van der Waals surface area contributed by atoms with Gasteiger partial charge >= 0.3 is 5.97 Å². The van der Waals surface area contributed by atoms with E-state index in [1.54, 1.807) is 18.2 Å². The third kappa shape index (κ3) is 4.46. The fourth-order valence-corrected chi connectivity index (χ4v) is 1.69. The van der Waals surface area contributed by atoms with Gasteiger partial charge in [0.2, 0.25) is 5.91 Å². The molecule has 0 spiro atoms. The molecule has 1 rings (SSSR count). The topological polar surface area (TPSA) is 86.6 Å². The van der Waals surface area contributed by atoms with Crippen LogP contribution in [0.5, 0.6) is 0 Å². The number of carbonyl (C=O) groups is 2. The molecule has 1 aromatic carbocycles. The first-order valence-electron chi connectivity index (χ1n) is 5.28. The number of rotatable bonds is 5. The molecule has 0 aliphatic carbocycles. The fourth-order valence-electron chi connectivity index (χ4n) is 1.24. The molecule has 5 nitrogen and oxygen atoms in total. The van der Waals surface area contributed by atoms with Gasteiger partial charge in [0.15, 0.2) is 5.60 Å². The van der Waals surface area contributed by atoms with Crippen molar-refractivity contribution >= 4 is 27.8 Å². The summed E-state index contributed by atoms with van der Waals surface area (Å²) >= 11 is 3.29. The van der Waals surface area contributed by atoms with Crippen LogP contribution in [0.3, 0.4) is 0 Å². The van der Waals surface area contributed by atoms with Crippen LogP contribution >= 0.6 is 15.9 Å². The number of hydrogen-bond acceptors (Lipinski definition) is 3. The lowest BCUT2D eigenvalue weighted by atomic mass is 10.1. The minimum Gasteiger partial charge on any atom is -0.479 e. The Bertz CT molecular complexity index is 459. The summed E-state index contributed by atoms with van der Waals surface area (Å²) in [5, 5.41) is 20.5. The van der Waals surface area contributed by atoms with Crippen molar-refractivity contribution in [2.75, 3.05) is 6.54 Å². The van der Waals surface area contributed by atoms with Crippen LogP contribution in [0.1, 0.15) is 12.5 Å². The Hall–Kier alpha value is -1.40. The third-order valence-electron chi connectivity index (χ3n) is 2.34. The minimum absolute atomic E-state index is 0.134. The first-order valence-corrected chi connectivity index (χ1v) is 6.07. The van der Waals surface area contributed by atoms with E-state index in [-0.39, 0.29) is 18.9 Å². The standard InChI is InChI=1S/C12H14BrNO4/c1-12(18,11(16)17)7-14-10(15)6-8-3-2-4-9(13)5-8/h2-5,18H,6-7H2,1H3,(H,14,15)(H,16,17). The second-order valence-corrected chi connectivity index (χ2v) is 5.08. The van der Waals surface area contributed by atoms with Crippen molar-refractivity contribution in [2.24, 2.45) is 0 Å². The van der Waals surface area contributed by atoms with E-state index in [1.807, 2.05) is 6.07 Å². The Morgan fingerprint density at radius 2 is 2.11 bits per heavy atom. The van der Waals surface area contributed by atoms with E-state index in [4.69, 9.17) is 5.11 Å². The molecule has 0 bridgehead atoms. The van der Waals surface area contributed by atoms with Crippen molar-refractivity contribution in [1.29, 1.82) is 0 Å². The van der Waals surface area contributed by atoms with Crippen molar-refractivity contribution in [2.45, 2.75) is 18.9 Å². The van der Waals surface area contributed by atoms with Gasteiger partial charge in [-0.3, -0.25) is 4.79 Å². The molecule has 0 radical (unpaired) electrons. The highest BCUT2D eigenvalue weighted by molar-refractivity contribution is 9.10. The summed E-state index contributed by atoms with van der Waals surface area (Å²) in [5.74, 6) is -1.71. The van der Waals surface area contributed by atoms with Crippen LogP contribution in [0, 0.1) is 0 Å². The van der Waals surface area contributed by atoms with Gasteiger partial charge in [-0.05, 0) is 24.6 Å². The second kappa shape index (κ2) is 5.97. The third-order valence-corrected chi connectivity index (χ3v) is 2.84. The highest BCUT2D eigenvalue weighted by atomic mass is 79.9. The van der Waals surface area contributed by atoms with E-state index in [2.05, 4.69) is 21.2 Å². The molecule has 1 amide bonds. The smallest absolute Gasteiger partial charge is 0.337 e. The molecule has 0 saturated heterocycles. The van der Waals surface area contributed by atoms with Crippen LogP contribution in [-0.2, 0) is 16.0 Å². The van der Waals surface area contributed by atoms with Crippen LogP contribution in [0.25, 0.3) is 0 Å². The van der Waals surface area contributed by atoms with Crippen LogP contribution in [0.4, 0.5) is 0 Å². The Morgan fingerprint density at radius 3 is 2.67 bits per heavy atom. The highest BCUT2D eigenvalue weighted by Gasteiger charge is 2.30.